The maximum Gasteiger partial charge on any atom is 0.337 e. The predicted octanol–water partition coefficient (Wildman–Crippen LogP) is 3.31. The zero-order valence-corrected chi connectivity index (χ0v) is 17.1. The lowest BCUT2D eigenvalue weighted by Gasteiger charge is -2.47. The summed E-state index contributed by atoms with van der Waals surface area (Å²) in [5.41, 5.74) is 5.69. The lowest BCUT2D eigenvalue weighted by atomic mass is 9.80. The molecule has 1 aromatic carbocycles. The van der Waals surface area contributed by atoms with Gasteiger partial charge in [-0.25, -0.2) is 4.79 Å². The van der Waals surface area contributed by atoms with Crippen LogP contribution < -0.4 is 10.8 Å². The van der Waals surface area contributed by atoms with Crippen LogP contribution in [-0.2, 0) is 14.3 Å². The first-order valence-corrected chi connectivity index (χ1v) is 9.92. The molecule has 0 saturated heterocycles. The monoisotopic (exact) mass is 439 g/mol. The highest BCUT2D eigenvalue weighted by molar-refractivity contribution is 7.80. The van der Waals surface area contributed by atoms with Crippen molar-refractivity contribution in [3.05, 3.63) is 45.3 Å². The van der Waals surface area contributed by atoms with Crippen molar-refractivity contribution in [3.8, 4) is 6.07 Å². The van der Waals surface area contributed by atoms with Crippen molar-refractivity contribution in [3.63, 3.8) is 0 Å². The van der Waals surface area contributed by atoms with Crippen molar-refractivity contribution >= 4 is 46.4 Å². The van der Waals surface area contributed by atoms with Gasteiger partial charge in [0.2, 0.25) is 0 Å². The zero-order valence-electron chi connectivity index (χ0n) is 14.7. The second-order valence-electron chi connectivity index (χ2n) is 6.82. The molecule has 1 fully saturated rings. The van der Waals surface area contributed by atoms with Gasteiger partial charge in [-0.1, -0.05) is 47.9 Å². The van der Waals surface area contributed by atoms with Gasteiger partial charge in [-0.2, -0.15) is 5.26 Å². The van der Waals surface area contributed by atoms with Crippen LogP contribution in [0.1, 0.15) is 43.6 Å². The highest BCUT2D eigenvalue weighted by atomic mass is 35.5. The number of halogens is 2. The maximum absolute atomic E-state index is 12.9. The molecule has 2 unspecified atom stereocenters. The van der Waals surface area contributed by atoms with E-state index in [0.29, 0.717) is 23.4 Å². The molecule has 28 heavy (non-hydrogen) atoms. The zero-order chi connectivity index (χ0) is 20.5. The molecule has 6 nitrogen and oxygen atoms in total. The quantitative estimate of drug-likeness (QED) is 0.565. The molecule has 2 N–H and O–H groups in total. The van der Waals surface area contributed by atoms with Crippen LogP contribution in [-0.4, -0.2) is 16.7 Å². The molecule has 0 aromatic heterocycles. The van der Waals surface area contributed by atoms with Crippen LogP contribution >= 0.6 is 35.4 Å². The summed E-state index contributed by atoms with van der Waals surface area (Å²) in [6.45, 7) is 0. The van der Waals surface area contributed by atoms with Crippen LogP contribution in [0.5, 0.6) is 0 Å². The average molecular weight is 440 g/mol. The Hall–Kier alpha value is -2.01. The number of ether oxygens (including phenoxy) is 2. The number of nitrogens with zero attached hydrogens (tertiary/aromatic N) is 1. The minimum Gasteiger partial charge on any atom is -0.574 e. The molecule has 0 amide bonds. The van der Waals surface area contributed by atoms with Crippen LogP contribution in [0, 0.1) is 17.2 Å². The topological polar surface area (TPSA) is 108 Å². The number of nitrogens with two attached hydrogens (primary N) is 1. The number of nitriles is 1. The van der Waals surface area contributed by atoms with Crippen molar-refractivity contribution in [2.45, 2.75) is 43.8 Å². The van der Waals surface area contributed by atoms with E-state index in [1.54, 1.807) is 0 Å². The normalized spacial score (nSPS) is 20.7. The fourth-order valence-electron chi connectivity index (χ4n) is 3.66. The summed E-state index contributed by atoms with van der Waals surface area (Å²) in [4.78, 5) is 12.7. The first kappa shape index (κ1) is 20.7. The predicted molar refractivity (Wildman–Crippen MR) is 105 cm³/mol. The first-order valence-electron chi connectivity index (χ1n) is 8.75. The molecule has 1 aliphatic heterocycles. The third kappa shape index (κ3) is 3.90. The van der Waals surface area contributed by atoms with E-state index in [4.69, 9.17) is 50.6 Å². The molecule has 1 heterocycles. The van der Waals surface area contributed by atoms with E-state index in [1.165, 1.54) is 18.2 Å². The van der Waals surface area contributed by atoms with Crippen molar-refractivity contribution in [2.24, 2.45) is 11.7 Å². The van der Waals surface area contributed by atoms with Crippen LogP contribution in [0.15, 0.2) is 29.7 Å². The summed E-state index contributed by atoms with van der Waals surface area (Å²) in [6.07, 6.45) is 3.45. The van der Waals surface area contributed by atoms with Crippen LogP contribution in [0.4, 0.5) is 0 Å². The standard InChI is InChI=1S/C19H18Cl2N2O4S/c20-10-4-5-11(13(21)8-10)14(12(9-22)16(23)28)15-17(24)26-19(27-18(15)25)6-2-1-3-7-19/h4-5,8,12,14,24H,1-3,6-7H2,(H2,23,28)/p-1. The van der Waals surface area contributed by atoms with Gasteiger partial charge in [-0.15, -0.1) is 0 Å². The van der Waals surface area contributed by atoms with Crippen molar-refractivity contribution in [1.29, 1.82) is 5.26 Å². The Balaban J connectivity index is 2.12. The Bertz CT molecular complexity index is 890. The van der Waals surface area contributed by atoms with E-state index < -0.39 is 29.5 Å². The van der Waals surface area contributed by atoms with Gasteiger partial charge in [0.15, 0.2) is 5.79 Å². The molecule has 1 spiro atoms. The molecule has 0 bridgehead atoms. The molecule has 3 rings (SSSR count). The number of hydrogen-bond donors (Lipinski definition) is 1. The molecular weight excluding hydrogens is 423 g/mol. The molecule has 2 atom stereocenters. The molecule has 1 aromatic rings. The Labute approximate surface area is 177 Å². The highest BCUT2D eigenvalue weighted by Crippen LogP contribution is 2.44. The van der Waals surface area contributed by atoms with Gasteiger partial charge in [0.05, 0.1) is 22.6 Å². The second kappa shape index (κ2) is 8.16. The third-order valence-corrected chi connectivity index (χ3v) is 5.82. The van der Waals surface area contributed by atoms with Gasteiger partial charge in [0.25, 0.3) is 0 Å². The minimum atomic E-state index is -1.24. The van der Waals surface area contributed by atoms with Crippen LogP contribution in [0.2, 0.25) is 10.0 Å². The summed E-state index contributed by atoms with van der Waals surface area (Å²) < 4.78 is 11.1. The minimum absolute atomic E-state index is 0.167. The molecular formula is C19H17Cl2N2O4S-. The number of thiocarbonyl (C=S) groups is 1. The Kier molecular flexibility index (Phi) is 6.04. The molecule has 0 radical (unpaired) electrons. The maximum atomic E-state index is 12.9. The SMILES string of the molecule is N#CC(C(N)=S)C(C1=C([O-])OC2(CCCCC2)OC1=O)c1ccc(Cl)cc1Cl. The fraction of sp³-hybridized carbons (Fsp3) is 0.421. The summed E-state index contributed by atoms with van der Waals surface area (Å²) in [6, 6.07) is 6.46. The lowest BCUT2D eigenvalue weighted by molar-refractivity contribution is -0.402. The van der Waals surface area contributed by atoms with E-state index in [0.717, 1.165) is 19.3 Å². The van der Waals surface area contributed by atoms with Crippen molar-refractivity contribution < 1.29 is 19.4 Å². The number of esters is 1. The van der Waals surface area contributed by atoms with E-state index in [-0.39, 0.29) is 15.6 Å². The van der Waals surface area contributed by atoms with E-state index >= 15 is 0 Å². The lowest BCUT2D eigenvalue weighted by Crippen LogP contribution is -2.47. The van der Waals surface area contributed by atoms with Crippen molar-refractivity contribution in [2.75, 3.05) is 0 Å². The molecule has 1 aliphatic carbocycles. The average Bonchev–Trinajstić information content (AvgIpc) is 2.61. The van der Waals surface area contributed by atoms with E-state index in [1.807, 2.05) is 6.07 Å². The summed E-state index contributed by atoms with van der Waals surface area (Å²) >= 11 is 17.2. The second-order valence-corrected chi connectivity index (χ2v) is 8.13. The van der Waals surface area contributed by atoms with E-state index in [2.05, 4.69) is 0 Å². The summed E-state index contributed by atoms with van der Waals surface area (Å²) in [5.74, 6) is -5.22. The van der Waals surface area contributed by atoms with Crippen LogP contribution in [0.25, 0.3) is 0 Å². The number of hydrogen-bond acceptors (Lipinski definition) is 6. The Morgan fingerprint density at radius 3 is 2.50 bits per heavy atom. The number of benzene rings is 1. The largest absolute Gasteiger partial charge is 0.574 e. The van der Waals surface area contributed by atoms with Gasteiger partial charge in [-0.3, -0.25) is 0 Å². The molecule has 148 valence electrons. The van der Waals surface area contributed by atoms with E-state index in [9.17, 15) is 15.2 Å². The number of carbonyl (C=O) groups is 1. The summed E-state index contributed by atoms with van der Waals surface area (Å²) in [5, 5.41) is 23.0. The fourth-order valence-corrected chi connectivity index (χ4v) is 4.37. The van der Waals surface area contributed by atoms with Gasteiger partial charge < -0.3 is 20.3 Å². The molecule has 1 saturated carbocycles. The van der Waals surface area contributed by atoms with Crippen LogP contribution in [0.3, 0.4) is 0 Å². The van der Waals surface area contributed by atoms with Crippen molar-refractivity contribution in [1.82, 2.24) is 0 Å². The first-order chi connectivity index (χ1) is 13.3. The van der Waals surface area contributed by atoms with Gasteiger partial charge in [0.1, 0.15) is 5.92 Å². The Morgan fingerprint density at radius 2 is 1.96 bits per heavy atom. The highest BCUT2D eigenvalue weighted by Gasteiger charge is 2.43. The number of rotatable bonds is 4. The van der Waals surface area contributed by atoms with Gasteiger partial charge in [-0.05, 0) is 43.4 Å². The van der Waals surface area contributed by atoms with Gasteiger partial charge in [0, 0.05) is 16.0 Å². The van der Waals surface area contributed by atoms with Gasteiger partial charge >= 0.3 is 5.97 Å². The Morgan fingerprint density at radius 1 is 1.29 bits per heavy atom. The summed E-state index contributed by atoms with van der Waals surface area (Å²) in [7, 11) is 0. The molecule has 2 aliphatic rings. The molecule has 9 heteroatoms. The third-order valence-electron chi connectivity index (χ3n) is 5.00. The smallest absolute Gasteiger partial charge is 0.337 e. The number of carbonyl (C=O) groups excluding carboxylic acids is 1.